The summed E-state index contributed by atoms with van der Waals surface area (Å²) in [6.07, 6.45) is 1.81. The first-order valence-electron chi connectivity index (χ1n) is 4.25. The highest BCUT2D eigenvalue weighted by molar-refractivity contribution is 7.11. The summed E-state index contributed by atoms with van der Waals surface area (Å²) in [7, 11) is 0. The van der Waals surface area contributed by atoms with Crippen molar-refractivity contribution in [3.8, 4) is 0 Å². The van der Waals surface area contributed by atoms with Crippen molar-refractivity contribution in [2.75, 3.05) is 6.61 Å². The van der Waals surface area contributed by atoms with Crippen LogP contribution in [0.2, 0.25) is 0 Å². The molecule has 1 aromatic heterocycles. The number of halogens is 1. The molecule has 0 aromatic carbocycles. The molecule has 0 radical (unpaired) electrons. The van der Waals surface area contributed by atoms with Gasteiger partial charge in [0.2, 0.25) is 0 Å². The highest BCUT2D eigenvalue weighted by Gasteiger charge is 2.24. The molecular formula is C9H14ClNOS. The SMILES string of the molecule is CCOC(C)(C)c1ncc(CCl)s1. The van der Waals surface area contributed by atoms with Crippen LogP contribution in [0.15, 0.2) is 6.20 Å². The number of alkyl halides is 1. The lowest BCUT2D eigenvalue weighted by Crippen LogP contribution is -2.21. The maximum Gasteiger partial charge on any atom is 0.124 e. The smallest absolute Gasteiger partial charge is 0.124 e. The zero-order chi connectivity index (χ0) is 9.90. The van der Waals surface area contributed by atoms with E-state index in [0.29, 0.717) is 12.5 Å². The fraction of sp³-hybridized carbons (Fsp3) is 0.667. The van der Waals surface area contributed by atoms with Crippen LogP contribution in [-0.4, -0.2) is 11.6 Å². The first kappa shape index (κ1) is 11.0. The second kappa shape index (κ2) is 4.40. The first-order chi connectivity index (χ1) is 6.10. The number of hydrogen-bond acceptors (Lipinski definition) is 3. The molecule has 0 atom stereocenters. The molecule has 0 bridgehead atoms. The summed E-state index contributed by atoms with van der Waals surface area (Å²) in [6, 6.07) is 0. The minimum Gasteiger partial charge on any atom is -0.369 e. The van der Waals surface area contributed by atoms with Crippen molar-refractivity contribution in [2.24, 2.45) is 0 Å². The van der Waals surface area contributed by atoms with Gasteiger partial charge in [-0.15, -0.1) is 22.9 Å². The molecule has 1 rings (SSSR count). The lowest BCUT2D eigenvalue weighted by molar-refractivity contribution is -0.0141. The number of thiazole rings is 1. The van der Waals surface area contributed by atoms with Crippen LogP contribution in [0.5, 0.6) is 0 Å². The second-order valence-electron chi connectivity index (χ2n) is 3.21. The topological polar surface area (TPSA) is 22.1 Å². The van der Waals surface area contributed by atoms with Gasteiger partial charge in [0, 0.05) is 17.7 Å². The van der Waals surface area contributed by atoms with Crippen LogP contribution >= 0.6 is 22.9 Å². The number of aromatic nitrogens is 1. The minimum absolute atomic E-state index is 0.288. The molecule has 0 amide bonds. The molecule has 0 N–H and O–H groups in total. The Balaban J connectivity index is 2.80. The van der Waals surface area contributed by atoms with Crippen molar-refractivity contribution < 1.29 is 4.74 Å². The van der Waals surface area contributed by atoms with E-state index in [0.717, 1.165) is 9.88 Å². The Morgan fingerprint density at radius 3 is 2.77 bits per heavy atom. The molecule has 0 fully saturated rings. The fourth-order valence-corrected chi connectivity index (χ4v) is 2.12. The van der Waals surface area contributed by atoms with Gasteiger partial charge in [0.05, 0.1) is 5.88 Å². The Hall–Kier alpha value is -0.120. The number of rotatable bonds is 4. The van der Waals surface area contributed by atoms with Crippen molar-refractivity contribution >= 4 is 22.9 Å². The normalized spacial score (nSPS) is 12.0. The van der Waals surface area contributed by atoms with E-state index in [2.05, 4.69) is 4.98 Å². The highest BCUT2D eigenvalue weighted by atomic mass is 35.5. The molecule has 0 saturated heterocycles. The van der Waals surface area contributed by atoms with E-state index in [1.54, 1.807) is 11.3 Å². The zero-order valence-corrected chi connectivity index (χ0v) is 9.71. The van der Waals surface area contributed by atoms with E-state index < -0.39 is 0 Å². The maximum atomic E-state index is 5.70. The van der Waals surface area contributed by atoms with Gasteiger partial charge in [-0.25, -0.2) is 4.98 Å². The predicted octanol–water partition coefficient (Wildman–Crippen LogP) is 3.15. The Bertz CT molecular complexity index is 272. The summed E-state index contributed by atoms with van der Waals surface area (Å²) in [5.41, 5.74) is -0.288. The van der Waals surface area contributed by atoms with E-state index in [1.165, 1.54) is 0 Å². The van der Waals surface area contributed by atoms with Gasteiger partial charge >= 0.3 is 0 Å². The summed E-state index contributed by atoms with van der Waals surface area (Å²) in [5, 5.41) is 0.991. The Morgan fingerprint density at radius 2 is 2.31 bits per heavy atom. The first-order valence-corrected chi connectivity index (χ1v) is 5.60. The Morgan fingerprint density at radius 1 is 1.62 bits per heavy atom. The number of nitrogens with zero attached hydrogens (tertiary/aromatic N) is 1. The monoisotopic (exact) mass is 219 g/mol. The van der Waals surface area contributed by atoms with Gasteiger partial charge in [0.1, 0.15) is 10.6 Å². The molecule has 1 aromatic rings. The number of ether oxygens (including phenoxy) is 1. The van der Waals surface area contributed by atoms with Crippen LogP contribution < -0.4 is 0 Å². The summed E-state index contributed by atoms with van der Waals surface area (Å²) in [6.45, 7) is 6.72. The van der Waals surface area contributed by atoms with Crippen molar-refractivity contribution in [3.63, 3.8) is 0 Å². The molecule has 0 spiro atoms. The van der Waals surface area contributed by atoms with Gasteiger partial charge < -0.3 is 4.74 Å². The van der Waals surface area contributed by atoms with Crippen LogP contribution in [-0.2, 0) is 16.2 Å². The van der Waals surface area contributed by atoms with Crippen LogP contribution in [0.1, 0.15) is 30.7 Å². The summed E-state index contributed by atoms with van der Waals surface area (Å²) in [4.78, 5) is 5.37. The molecule has 0 aliphatic heterocycles. The molecule has 13 heavy (non-hydrogen) atoms. The molecule has 2 nitrogen and oxygen atoms in total. The van der Waals surface area contributed by atoms with Crippen molar-refractivity contribution in [2.45, 2.75) is 32.3 Å². The van der Waals surface area contributed by atoms with Gasteiger partial charge in [-0.05, 0) is 20.8 Å². The van der Waals surface area contributed by atoms with Crippen LogP contribution in [0.4, 0.5) is 0 Å². The van der Waals surface area contributed by atoms with E-state index in [9.17, 15) is 0 Å². The fourth-order valence-electron chi connectivity index (χ4n) is 1.07. The molecule has 0 saturated carbocycles. The van der Waals surface area contributed by atoms with Gasteiger partial charge in [-0.3, -0.25) is 0 Å². The second-order valence-corrected chi connectivity index (χ2v) is 4.59. The third-order valence-electron chi connectivity index (χ3n) is 1.71. The zero-order valence-electron chi connectivity index (χ0n) is 8.13. The molecule has 4 heteroatoms. The Kier molecular flexibility index (Phi) is 3.71. The third kappa shape index (κ3) is 2.66. The van der Waals surface area contributed by atoms with E-state index in [4.69, 9.17) is 16.3 Å². The van der Waals surface area contributed by atoms with Gasteiger partial charge in [-0.1, -0.05) is 0 Å². The van der Waals surface area contributed by atoms with Crippen LogP contribution in [0.3, 0.4) is 0 Å². The molecule has 74 valence electrons. The average Bonchev–Trinajstić information content (AvgIpc) is 2.52. The molecule has 0 aliphatic rings. The molecule has 0 unspecified atom stereocenters. The van der Waals surface area contributed by atoms with E-state index in [1.807, 2.05) is 27.0 Å². The molecule has 0 aliphatic carbocycles. The lowest BCUT2D eigenvalue weighted by Gasteiger charge is -2.21. The number of hydrogen-bond donors (Lipinski definition) is 0. The minimum atomic E-state index is -0.288. The van der Waals surface area contributed by atoms with Gasteiger partial charge in [0.15, 0.2) is 0 Å². The van der Waals surface area contributed by atoms with Gasteiger partial charge in [-0.2, -0.15) is 0 Å². The Labute approximate surface area is 87.9 Å². The largest absolute Gasteiger partial charge is 0.369 e. The lowest BCUT2D eigenvalue weighted by atomic mass is 10.1. The van der Waals surface area contributed by atoms with Crippen LogP contribution in [0, 0.1) is 0 Å². The van der Waals surface area contributed by atoms with Crippen LogP contribution in [0.25, 0.3) is 0 Å². The van der Waals surface area contributed by atoms with Gasteiger partial charge in [0.25, 0.3) is 0 Å². The molecular weight excluding hydrogens is 206 g/mol. The van der Waals surface area contributed by atoms with Crippen molar-refractivity contribution in [3.05, 3.63) is 16.1 Å². The van der Waals surface area contributed by atoms with E-state index >= 15 is 0 Å². The summed E-state index contributed by atoms with van der Waals surface area (Å²) >= 11 is 7.31. The van der Waals surface area contributed by atoms with Crippen molar-refractivity contribution in [1.82, 2.24) is 4.98 Å². The maximum absolute atomic E-state index is 5.70. The summed E-state index contributed by atoms with van der Waals surface area (Å²) < 4.78 is 5.58. The van der Waals surface area contributed by atoms with E-state index in [-0.39, 0.29) is 5.60 Å². The third-order valence-corrected chi connectivity index (χ3v) is 3.45. The van der Waals surface area contributed by atoms with Crippen molar-refractivity contribution in [1.29, 1.82) is 0 Å². The quantitative estimate of drug-likeness (QED) is 0.726. The average molecular weight is 220 g/mol. The predicted molar refractivity (Wildman–Crippen MR) is 56.3 cm³/mol. The molecule has 1 heterocycles. The highest BCUT2D eigenvalue weighted by Crippen LogP contribution is 2.29. The standard InChI is InChI=1S/C9H14ClNOS/c1-4-12-9(2,3)8-11-6-7(5-10)13-8/h6H,4-5H2,1-3H3. The summed E-state index contributed by atoms with van der Waals surface area (Å²) in [5.74, 6) is 0.528.